The SMILES string of the molecule is CCc1ccc(N=C2NC(=O)/C(=C/c3cc(C)n(-c4sc5c(c4C(=O)Nc4ccc(C)cc4)CCCC5)c3C)S2)cc1. The van der Waals surface area contributed by atoms with Gasteiger partial charge < -0.3 is 15.2 Å². The van der Waals surface area contributed by atoms with Crippen molar-refractivity contribution in [3.8, 4) is 5.00 Å². The molecule has 8 heteroatoms. The van der Waals surface area contributed by atoms with Gasteiger partial charge in [-0.1, -0.05) is 36.8 Å². The normalized spacial score (nSPS) is 16.6. The lowest BCUT2D eigenvalue weighted by Crippen LogP contribution is -2.19. The van der Waals surface area contributed by atoms with Crippen LogP contribution in [0, 0.1) is 20.8 Å². The summed E-state index contributed by atoms with van der Waals surface area (Å²) in [7, 11) is 0. The minimum Gasteiger partial charge on any atom is -0.322 e. The summed E-state index contributed by atoms with van der Waals surface area (Å²) < 4.78 is 2.18. The molecule has 2 aliphatic rings. The molecule has 1 saturated heterocycles. The number of thioether (sulfide) groups is 1. The van der Waals surface area contributed by atoms with E-state index in [0.29, 0.717) is 10.1 Å². The highest BCUT2D eigenvalue weighted by Crippen LogP contribution is 2.40. The van der Waals surface area contributed by atoms with Gasteiger partial charge in [0, 0.05) is 22.0 Å². The zero-order valence-electron chi connectivity index (χ0n) is 24.3. The second kappa shape index (κ2) is 11.8. The molecule has 0 radical (unpaired) electrons. The number of aryl methyl sites for hydroxylation is 4. The van der Waals surface area contributed by atoms with Gasteiger partial charge in [-0.25, -0.2) is 4.99 Å². The van der Waals surface area contributed by atoms with E-state index in [-0.39, 0.29) is 11.8 Å². The predicted octanol–water partition coefficient (Wildman–Crippen LogP) is 8.05. The molecule has 1 fully saturated rings. The van der Waals surface area contributed by atoms with Gasteiger partial charge in [0.1, 0.15) is 5.00 Å². The predicted molar refractivity (Wildman–Crippen MR) is 176 cm³/mol. The minimum atomic E-state index is -0.154. The second-order valence-electron chi connectivity index (χ2n) is 10.9. The van der Waals surface area contributed by atoms with Crippen LogP contribution in [0.3, 0.4) is 0 Å². The number of carbonyl (C=O) groups excluding carboxylic acids is 2. The average molecular weight is 595 g/mol. The number of hydrogen-bond acceptors (Lipinski definition) is 5. The molecule has 1 aliphatic carbocycles. The number of nitrogens with one attached hydrogen (secondary N) is 2. The molecule has 0 spiro atoms. The molecule has 2 aromatic carbocycles. The number of aliphatic imine (C=N–C) groups is 1. The summed E-state index contributed by atoms with van der Waals surface area (Å²) in [6, 6.07) is 18.1. The smallest absolute Gasteiger partial charge is 0.264 e. The maximum Gasteiger partial charge on any atom is 0.264 e. The van der Waals surface area contributed by atoms with Crippen molar-refractivity contribution in [3.05, 3.63) is 104 Å². The van der Waals surface area contributed by atoms with Gasteiger partial charge in [0.25, 0.3) is 11.8 Å². The highest BCUT2D eigenvalue weighted by Gasteiger charge is 2.29. The number of thiophene rings is 1. The number of aromatic nitrogens is 1. The third-order valence-corrected chi connectivity index (χ3v) is 10.1. The molecule has 42 heavy (non-hydrogen) atoms. The first-order valence-corrected chi connectivity index (χ1v) is 16.0. The van der Waals surface area contributed by atoms with Crippen LogP contribution in [0.1, 0.15) is 68.6 Å². The van der Waals surface area contributed by atoms with E-state index in [1.54, 1.807) is 11.3 Å². The Labute approximate surface area is 255 Å². The van der Waals surface area contributed by atoms with Gasteiger partial charge in [-0.15, -0.1) is 11.3 Å². The number of nitrogens with zero attached hydrogens (tertiary/aromatic N) is 2. The summed E-state index contributed by atoms with van der Waals surface area (Å²) >= 11 is 3.07. The maximum absolute atomic E-state index is 13.8. The molecule has 0 bridgehead atoms. The highest BCUT2D eigenvalue weighted by molar-refractivity contribution is 8.18. The van der Waals surface area contributed by atoms with E-state index in [0.717, 1.165) is 76.6 Å². The van der Waals surface area contributed by atoms with Crippen LogP contribution in [0.2, 0.25) is 0 Å². The summed E-state index contributed by atoms with van der Waals surface area (Å²) in [4.78, 5) is 33.2. The van der Waals surface area contributed by atoms with Gasteiger partial charge in [0.05, 0.1) is 16.2 Å². The second-order valence-corrected chi connectivity index (χ2v) is 13.0. The topological polar surface area (TPSA) is 75.5 Å². The van der Waals surface area contributed by atoms with E-state index in [1.807, 2.05) is 49.4 Å². The van der Waals surface area contributed by atoms with Crippen molar-refractivity contribution in [1.82, 2.24) is 9.88 Å². The van der Waals surface area contributed by atoms with Gasteiger partial charge >= 0.3 is 0 Å². The number of hydrogen-bond donors (Lipinski definition) is 2. The van der Waals surface area contributed by atoms with Crippen molar-refractivity contribution in [2.75, 3.05) is 5.32 Å². The molecule has 1 aliphatic heterocycles. The van der Waals surface area contributed by atoms with Crippen LogP contribution in [-0.2, 0) is 24.1 Å². The molecule has 6 nitrogen and oxygen atoms in total. The third-order valence-electron chi connectivity index (χ3n) is 7.88. The molecule has 2 aromatic heterocycles. The summed E-state index contributed by atoms with van der Waals surface area (Å²) in [6.45, 7) is 8.27. The zero-order chi connectivity index (χ0) is 29.4. The van der Waals surface area contributed by atoms with Crippen molar-refractivity contribution in [2.45, 2.75) is 59.8 Å². The number of amidine groups is 1. The lowest BCUT2D eigenvalue weighted by molar-refractivity contribution is -0.115. The first-order chi connectivity index (χ1) is 20.3. The van der Waals surface area contributed by atoms with E-state index < -0.39 is 0 Å². The Morgan fingerprint density at radius 1 is 1.05 bits per heavy atom. The van der Waals surface area contributed by atoms with Crippen molar-refractivity contribution < 1.29 is 9.59 Å². The Bertz CT molecular complexity index is 1740. The first kappa shape index (κ1) is 28.2. The van der Waals surface area contributed by atoms with Crippen molar-refractivity contribution in [3.63, 3.8) is 0 Å². The van der Waals surface area contributed by atoms with Gasteiger partial charge in [-0.2, -0.15) is 0 Å². The van der Waals surface area contributed by atoms with Crippen LogP contribution in [-0.4, -0.2) is 21.5 Å². The average Bonchev–Trinajstić information content (AvgIpc) is 3.62. The fourth-order valence-corrected chi connectivity index (χ4v) is 7.90. The lowest BCUT2D eigenvalue weighted by Gasteiger charge is -2.14. The minimum absolute atomic E-state index is 0.0702. The Morgan fingerprint density at radius 3 is 2.52 bits per heavy atom. The summed E-state index contributed by atoms with van der Waals surface area (Å²) in [5.41, 5.74) is 8.93. The van der Waals surface area contributed by atoms with Crippen LogP contribution in [0.25, 0.3) is 11.1 Å². The number of benzene rings is 2. The van der Waals surface area contributed by atoms with Gasteiger partial charge in [-0.05, 0) is 118 Å². The zero-order valence-corrected chi connectivity index (χ0v) is 26.0. The van der Waals surface area contributed by atoms with Crippen molar-refractivity contribution >= 4 is 57.5 Å². The van der Waals surface area contributed by atoms with E-state index >= 15 is 0 Å². The van der Waals surface area contributed by atoms with E-state index in [1.165, 1.54) is 27.8 Å². The molecule has 2 N–H and O–H groups in total. The van der Waals surface area contributed by atoms with Gasteiger partial charge in [-0.3, -0.25) is 9.59 Å². The third kappa shape index (κ3) is 5.61. The van der Waals surface area contributed by atoms with Crippen LogP contribution in [0.4, 0.5) is 11.4 Å². The highest BCUT2D eigenvalue weighted by atomic mass is 32.2. The Hall–Kier alpha value is -3.88. The molecule has 0 atom stereocenters. The molecule has 214 valence electrons. The molecule has 0 saturated carbocycles. The van der Waals surface area contributed by atoms with E-state index in [2.05, 4.69) is 59.2 Å². The fourth-order valence-electron chi connectivity index (χ4n) is 5.57. The molecular formula is C34H34N4O2S2. The Morgan fingerprint density at radius 2 is 1.79 bits per heavy atom. The largest absolute Gasteiger partial charge is 0.322 e. The van der Waals surface area contributed by atoms with Crippen molar-refractivity contribution in [1.29, 1.82) is 0 Å². The van der Waals surface area contributed by atoms with E-state index in [4.69, 9.17) is 0 Å². The maximum atomic E-state index is 13.8. The number of amides is 2. The number of rotatable bonds is 6. The standard InChI is InChI=1S/C34H34N4O2S2/c1-5-23-12-16-26(17-13-23)36-34-37-31(39)29(42-34)19-24-18-21(3)38(22(24)4)33-30(27-8-6-7-9-28(27)41-33)32(40)35-25-14-10-20(2)11-15-25/h10-19H,5-9H2,1-4H3,(H,35,40)(H,36,37,39)/b29-19-. The number of carbonyl (C=O) groups is 2. The fraction of sp³-hybridized carbons (Fsp3) is 0.265. The van der Waals surface area contributed by atoms with Crippen molar-refractivity contribution in [2.24, 2.45) is 4.99 Å². The molecule has 0 unspecified atom stereocenters. The Kier molecular flexibility index (Phi) is 7.92. The molecule has 2 amide bonds. The lowest BCUT2D eigenvalue weighted by atomic mass is 9.95. The number of anilines is 1. The van der Waals surface area contributed by atoms with E-state index in [9.17, 15) is 9.59 Å². The van der Waals surface area contributed by atoms with Crippen LogP contribution < -0.4 is 10.6 Å². The Balaban J connectivity index is 1.33. The monoisotopic (exact) mass is 594 g/mol. The molecule has 6 rings (SSSR count). The number of fused-ring (bicyclic) bond motifs is 1. The summed E-state index contributed by atoms with van der Waals surface area (Å²) in [6.07, 6.45) is 7.06. The molecular weight excluding hydrogens is 561 g/mol. The summed E-state index contributed by atoms with van der Waals surface area (Å²) in [5.74, 6) is -0.224. The van der Waals surface area contributed by atoms with Crippen LogP contribution >= 0.6 is 23.1 Å². The quantitative estimate of drug-likeness (QED) is 0.222. The summed E-state index contributed by atoms with van der Waals surface area (Å²) in [5, 5.41) is 7.58. The van der Waals surface area contributed by atoms with Gasteiger partial charge in [0.15, 0.2) is 5.17 Å². The van der Waals surface area contributed by atoms with Crippen LogP contribution in [0.15, 0.2) is 64.5 Å². The molecule has 3 heterocycles. The first-order valence-electron chi connectivity index (χ1n) is 14.4. The molecule has 4 aromatic rings. The van der Waals surface area contributed by atoms with Gasteiger partial charge in [0.2, 0.25) is 0 Å². The van der Waals surface area contributed by atoms with Crippen LogP contribution in [0.5, 0.6) is 0 Å².